The van der Waals surface area contributed by atoms with E-state index in [0.29, 0.717) is 23.6 Å². The van der Waals surface area contributed by atoms with Crippen molar-refractivity contribution in [3.8, 4) is 5.75 Å². The first-order valence-corrected chi connectivity index (χ1v) is 6.74. The first-order valence-electron chi connectivity index (χ1n) is 6.74. The molecule has 0 radical (unpaired) electrons. The van der Waals surface area contributed by atoms with Crippen molar-refractivity contribution in [2.45, 2.75) is 32.4 Å². The molecule has 0 amide bonds. The molecule has 1 N–H and O–H groups in total. The lowest BCUT2D eigenvalue weighted by Gasteiger charge is -2.16. The summed E-state index contributed by atoms with van der Waals surface area (Å²) < 4.78 is 32.4. The van der Waals surface area contributed by atoms with Gasteiger partial charge in [-0.1, -0.05) is 25.1 Å². The Morgan fingerprint density at radius 3 is 2.67 bits per heavy atom. The third-order valence-electron chi connectivity index (χ3n) is 3.24. The van der Waals surface area contributed by atoms with Crippen LogP contribution in [-0.2, 0) is 6.54 Å². The number of ether oxygens (including phenoxy) is 1. The maximum Gasteiger partial charge on any atom is 0.263 e. The topological polar surface area (TPSA) is 47.3 Å². The number of methoxy groups -OCH3 is 1. The predicted molar refractivity (Wildman–Crippen MR) is 74.5 cm³/mol. The molecular weight excluding hydrogens is 278 g/mol. The third-order valence-corrected chi connectivity index (χ3v) is 3.24. The van der Waals surface area contributed by atoms with E-state index in [2.05, 4.69) is 5.10 Å². The van der Waals surface area contributed by atoms with Gasteiger partial charge >= 0.3 is 0 Å². The standard InChI is InChI=1S/C15H18F2N2O2/c1-3-7-19-13(12(21-2)9-18-19)14(20)10-5-4-6-11(8-10)15(16)17/h4-6,8-9,14-15,20H,3,7H2,1-2H3. The fourth-order valence-corrected chi connectivity index (χ4v) is 2.22. The highest BCUT2D eigenvalue weighted by Gasteiger charge is 2.22. The van der Waals surface area contributed by atoms with Crippen molar-refractivity contribution in [2.24, 2.45) is 0 Å². The summed E-state index contributed by atoms with van der Waals surface area (Å²) in [5.41, 5.74) is 0.752. The molecule has 0 aliphatic carbocycles. The molecule has 1 unspecified atom stereocenters. The molecule has 1 aromatic heterocycles. The van der Waals surface area contributed by atoms with E-state index in [1.165, 1.54) is 31.5 Å². The molecule has 1 atom stereocenters. The highest BCUT2D eigenvalue weighted by atomic mass is 19.3. The summed E-state index contributed by atoms with van der Waals surface area (Å²) >= 11 is 0. The van der Waals surface area contributed by atoms with Crippen molar-refractivity contribution in [1.82, 2.24) is 9.78 Å². The van der Waals surface area contributed by atoms with Gasteiger partial charge in [0.15, 0.2) is 5.75 Å². The lowest BCUT2D eigenvalue weighted by Crippen LogP contribution is -2.11. The third kappa shape index (κ3) is 3.21. The molecule has 0 saturated heterocycles. The Balaban J connectivity index is 2.41. The molecule has 2 aromatic rings. The Morgan fingerprint density at radius 1 is 1.33 bits per heavy atom. The van der Waals surface area contributed by atoms with E-state index in [9.17, 15) is 13.9 Å². The lowest BCUT2D eigenvalue weighted by atomic mass is 10.0. The van der Waals surface area contributed by atoms with Crippen LogP contribution in [0.1, 0.15) is 42.7 Å². The van der Waals surface area contributed by atoms with Gasteiger partial charge in [0, 0.05) is 12.1 Å². The van der Waals surface area contributed by atoms with Crippen LogP contribution < -0.4 is 4.74 Å². The van der Waals surface area contributed by atoms with Gasteiger partial charge in [0.25, 0.3) is 6.43 Å². The van der Waals surface area contributed by atoms with Gasteiger partial charge in [0.2, 0.25) is 0 Å². The molecule has 2 rings (SSSR count). The molecule has 4 nitrogen and oxygen atoms in total. The molecule has 0 spiro atoms. The second kappa shape index (κ2) is 6.67. The van der Waals surface area contributed by atoms with Crippen LogP contribution in [-0.4, -0.2) is 22.0 Å². The summed E-state index contributed by atoms with van der Waals surface area (Å²) in [5, 5.41) is 14.7. The van der Waals surface area contributed by atoms with E-state index in [1.54, 1.807) is 10.7 Å². The second-order valence-corrected chi connectivity index (χ2v) is 4.69. The van der Waals surface area contributed by atoms with Crippen LogP contribution in [0.3, 0.4) is 0 Å². The van der Waals surface area contributed by atoms with Crippen LogP contribution in [0.15, 0.2) is 30.5 Å². The van der Waals surface area contributed by atoms with Crippen LogP contribution >= 0.6 is 0 Å². The Bertz CT molecular complexity index is 599. The van der Waals surface area contributed by atoms with Crippen molar-refractivity contribution in [2.75, 3.05) is 7.11 Å². The fourth-order valence-electron chi connectivity index (χ4n) is 2.22. The van der Waals surface area contributed by atoms with Crippen LogP contribution in [0.5, 0.6) is 5.75 Å². The summed E-state index contributed by atoms with van der Waals surface area (Å²) in [7, 11) is 1.49. The number of aromatic nitrogens is 2. The molecule has 1 heterocycles. The van der Waals surface area contributed by atoms with E-state index in [4.69, 9.17) is 4.74 Å². The van der Waals surface area contributed by atoms with Gasteiger partial charge in [-0.15, -0.1) is 0 Å². The Labute approximate surface area is 122 Å². The zero-order valence-electron chi connectivity index (χ0n) is 12.0. The minimum absolute atomic E-state index is 0.118. The van der Waals surface area contributed by atoms with E-state index in [0.717, 1.165) is 6.42 Å². The summed E-state index contributed by atoms with van der Waals surface area (Å²) in [6.45, 7) is 2.60. The Kier molecular flexibility index (Phi) is 4.90. The van der Waals surface area contributed by atoms with E-state index in [-0.39, 0.29) is 5.56 Å². The number of aliphatic hydroxyl groups excluding tert-OH is 1. The molecule has 1 aromatic carbocycles. The summed E-state index contributed by atoms with van der Waals surface area (Å²) in [6, 6.07) is 5.76. The average Bonchev–Trinajstić information content (AvgIpc) is 2.89. The molecule has 6 heteroatoms. The van der Waals surface area contributed by atoms with Gasteiger partial charge in [0.05, 0.1) is 13.3 Å². The van der Waals surface area contributed by atoms with Gasteiger partial charge < -0.3 is 9.84 Å². The highest BCUT2D eigenvalue weighted by Crippen LogP contribution is 2.31. The number of aryl methyl sites for hydroxylation is 1. The number of hydrogen-bond acceptors (Lipinski definition) is 3. The number of benzene rings is 1. The molecule has 114 valence electrons. The molecule has 0 fully saturated rings. The maximum absolute atomic E-state index is 12.8. The zero-order valence-corrected chi connectivity index (χ0v) is 12.0. The van der Waals surface area contributed by atoms with E-state index in [1.807, 2.05) is 6.92 Å². The number of aliphatic hydroxyl groups is 1. The van der Waals surface area contributed by atoms with Crippen molar-refractivity contribution < 1.29 is 18.6 Å². The molecule has 0 aliphatic rings. The number of alkyl halides is 2. The largest absolute Gasteiger partial charge is 0.493 e. The SMILES string of the molecule is CCCn1ncc(OC)c1C(O)c1cccc(C(F)F)c1. The van der Waals surface area contributed by atoms with E-state index < -0.39 is 12.5 Å². The quantitative estimate of drug-likeness (QED) is 0.889. The van der Waals surface area contributed by atoms with Crippen molar-refractivity contribution >= 4 is 0 Å². The Hall–Kier alpha value is -1.95. The molecule has 0 aliphatic heterocycles. The van der Waals surface area contributed by atoms with Gasteiger partial charge in [-0.2, -0.15) is 5.10 Å². The highest BCUT2D eigenvalue weighted by molar-refractivity contribution is 5.36. The van der Waals surface area contributed by atoms with Crippen LogP contribution in [0.25, 0.3) is 0 Å². The number of rotatable bonds is 6. The van der Waals surface area contributed by atoms with Crippen LogP contribution in [0.4, 0.5) is 8.78 Å². The van der Waals surface area contributed by atoms with Crippen LogP contribution in [0, 0.1) is 0 Å². The van der Waals surface area contributed by atoms with Crippen molar-refractivity contribution in [1.29, 1.82) is 0 Å². The molecule has 21 heavy (non-hydrogen) atoms. The minimum Gasteiger partial charge on any atom is -0.493 e. The monoisotopic (exact) mass is 296 g/mol. The smallest absolute Gasteiger partial charge is 0.263 e. The van der Waals surface area contributed by atoms with Crippen LogP contribution in [0.2, 0.25) is 0 Å². The second-order valence-electron chi connectivity index (χ2n) is 4.69. The molecular formula is C15H18F2N2O2. The van der Waals surface area contributed by atoms with Crippen molar-refractivity contribution in [3.05, 3.63) is 47.3 Å². The number of hydrogen-bond donors (Lipinski definition) is 1. The molecule has 0 bridgehead atoms. The minimum atomic E-state index is -2.57. The van der Waals surface area contributed by atoms with Gasteiger partial charge in [-0.25, -0.2) is 8.78 Å². The maximum atomic E-state index is 12.8. The average molecular weight is 296 g/mol. The fraction of sp³-hybridized carbons (Fsp3) is 0.400. The van der Waals surface area contributed by atoms with Crippen molar-refractivity contribution in [3.63, 3.8) is 0 Å². The van der Waals surface area contributed by atoms with Gasteiger partial charge in [0.1, 0.15) is 11.8 Å². The lowest BCUT2D eigenvalue weighted by molar-refractivity contribution is 0.150. The number of halogens is 2. The number of nitrogens with zero attached hydrogens (tertiary/aromatic N) is 2. The van der Waals surface area contributed by atoms with E-state index >= 15 is 0 Å². The summed E-state index contributed by atoms with van der Waals surface area (Å²) in [6.07, 6.45) is -1.28. The predicted octanol–water partition coefficient (Wildman–Crippen LogP) is 3.32. The summed E-state index contributed by atoms with van der Waals surface area (Å²) in [4.78, 5) is 0. The first kappa shape index (κ1) is 15.4. The Morgan fingerprint density at radius 2 is 2.05 bits per heavy atom. The van der Waals surface area contributed by atoms with Gasteiger partial charge in [-0.05, 0) is 18.1 Å². The summed E-state index contributed by atoms with van der Waals surface area (Å²) in [5.74, 6) is 0.443. The normalized spacial score (nSPS) is 12.7. The molecule has 0 saturated carbocycles. The zero-order chi connectivity index (χ0) is 15.4. The van der Waals surface area contributed by atoms with Gasteiger partial charge in [-0.3, -0.25) is 4.68 Å². The first-order chi connectivity index (χ1) is 10.1.